The monoisotopic (exact) mass is 1310 g/mol. The number of aliphatic hydroxyl groups excluding tert-OH is 1. The first-order valence-electron chi connectivity index (χ1n) is 36.7. The van der Waals surface area contributed by atoms with E-state index in [1.165, 1.54) is 180 Å². The highest BCUT2D eigenvalue weighted by Gasteiger charge is 2.30. The Balaban J connectivity index is 5.08. The van der Waals surface area contributed by atoms with Gasteiger partial charge in [-0.25, -0.2) is 9.13 Å². The van der Waals surface area contributed by atoms with Crippen molar-refractivity contribution in [2.45, 2.75) is 380 Å². The molecule has 0 aromatic rings. The van der Waals surface area contributed by atoms with Gasteiger partial charge in [-0.05, 0) is 31.6 Å². The minimum absolute atomic E-state index is 0.102. The fraction of sp³-hybridized carbons (Fsp3) is 0.943. The molecule has 0 aliphatic heterocycles. The van der Waals surface area contributed by atoms with Gasteiger partial charge in [0.05, 0.1) is 26.4 Å². The molecule has 0 spiro atoms. The van der Waals surface area contributed by atoms with Gasteiger partial charge in [-0.15, -0.1) is 0 Å². The van der Waals surface area contributed by atoms with E-state index in [0.29, 0.717) is 25.7 Å². The van der Waals surface area contributed by atoms with Crippen molar-refractivity contribution in [2.24, 2.45) is 5.92 Å². The SMILES string of the molecule is CCCCCCCCCCCCCCCCCCCCCCCCC(=O)O[C@H](COC(=O)CCCCCCCCCCCCCC)COP(=O)(O)OC[C@@H](O)COP(=O)(O)OC[C@@H](COC(=O)CCCCCCC)OC(=O)CCCCCCCCC(C)CC. The van der Waals surface area contributed by atoms with Crippen LogP contribution >= 0.6 is 15.6 Å². The summed E-state index contributed by atoms with van der Waals surface area (Å²) in [4.78, 5) is 72.2. The van der Waals surface area contributed by atoms with Crippen LogP contribution in [0.15, 0.2) is 0 Å². The third-order valence-corrected chi connectivity index (χ3v) is 18.5. The summed E-state index contributed by atoms with van der Waals surface area (Å²) < 4.78 is 68.0. The average molecular weight is 1310 g/mol. The summed E-state index contributed by atoms with van der Waals surface area (Å²) in [7, 11) is -9.89. The van der Waals surface area contributed by atoms with E-state index in [1.54, 1.807) is 0 Å². The van der Waals surface area contributed by atoms with Crippen molar-refractivity contribution >= 4 is 39.5 Å². The fourth-order valence-corrected chi connectivity index (χ4v) is 12.2. The number of unbranched alkanes of at least 4 members (excludes halogenated alkanes) is 41. The molecule has 0 aromatic heterocycles. The van der Waals surface area contributed by atoms with E-state index in [0.717, 1.165) is 102 Å². The largest absolute Gasteiger partial charge is 0.472 e. The van der Waals surface area contributed by atoms with Gasteiger partial charge in [0.15, 0.2) is 12.2 Å². The molecule has 3 unspecified atom stereocenters. The molecular formula is C70H136O17P2. The number of ether oxygens (including phenoxy) is 4. The zero-order chi connectivity index (χ0) is 65.6. The molecule has 0 heterocycles. The van der Waals surface area contributed by atoms with E-state index < -0.39 is 97.5 Å². The zero-order valence-corrected chi connectivity index (χ0v) is 59.4. The van der Waals surface area contributed by atoms with Crippen molar-refractivity contribution in [3.63, 3.8) is 0 Å². The van der Waals surface area contributed by atoms with Crippen molar-refractivity contribution in [3.05, 3.63) is 0 Å². The maximum atomic E-state index is 13.0. The van der Waals surface area contributed by atoms with E-state index in [9.17, 15) is 43.2 Å². The summed E-state index contributed by atoms with van der Waals surface area (Å²) in [6.07, 6.45) is 50.6. The minimum Gasteiger partial charge on any atom is -0.462 e. The predicted octanol–water partition coefficient (Wildman–Crippen LogP) is 20.1. The molecule has 0 aliphatic rings. The second kappa shape index (κ2) is 63.5. The highest BCUT2D eigenvalue weighted by molar-refractivity contribution is 7.47. The van der Waals surface area contributed by atoms with E-state index in [4.69, 9.17) is 37.0 Å². The standard InChI is InChI=1S/C70H136O17P2/c1-6-10-13-16-18-20-22-24-25-26-27-28-29-30-31-32-33-35-37-39-45-50-55-69(74)86-66(60-81-68(73)54-49-44-38-36-34-23-21-19-17-14-11-7-2)62-85-89(78,79)83-58-64(71)57-82-88(76,77)84-61-65(59-80-67(72)53-48-42-15-12-8-3)87-70(75)56-51-46-41-40-43-47-52-63(5)9-4/h63-66,71H,6-62H2,1-5H3,(H,76,77)(H,78,79)/t63?,64-,65+,66+/m0/s1. The third kappa shape index (κ3) is 63.2. The summed E-state index contributed by atoms with van der Waals surface area (Å²) in [6, 6.07) is 0. The summed E-state index contributed by atoms with van der Waals surface area (Å²) >= 11 is 0. The summed E-state index contributed by atoms with van der Waals surface area (Å²) in [5.74, 6) is -1.42. The van der Waals surface area contributed by atoms with Gasteiger partial charge in [-0.1, -0.05) is 311 Å². The molecule has 0 fully saturated rings. The number of esters is 4. The van der Waals surface area contributed by atoms with E-state index in [1.807, 2.05) is 0 Å². The average Bonchev–Trinajstić information content (AvgIpc) is 3.56. The number of hydrogen-bond donors (Lipinski definition) is 3. The Bertz CT molecular complexity index is 1720. The molecule has 0 aliphatic carbocycles. The molecule has 3 N–H and O–H groups in total. The van der Waals surface area contributed by atoms with Crippen molar-refractivity contribution in [1.82, 2.24) is 0 Å². The first kappa shape index (κ1) is 87.1. The van der Waals surface area contributed by atoms with Gasteiger partial charge < -0.3 is 33.8 Å². The molecule has 19 heteroatoms. The number of hydrogen-bond acceptors (Lipinski definition) is 15. The highest BCUT2D eigenvalue weighted by atomic mass is 31.2. The summed E-state index contributed by atoms with van der Waals surface area (Å²) in [6.45, 7) is 7.09. The Morgan fingerprint density at radius 1 is 0.315 bits per heavy atom. The Kier molecular flexibility index (Phi) is 62.1. The molecule has 0 radical (unpaired) electrons. The summed E-state index contributed by atoms with van der Waals surface area (Å²) in [5.41, 5.74) is 0. The van der Waals surface area contributed by atoms with E-state index in [-0.39, 0.29) is 25.7 Å². The Labute approximate surface area is 543 Å². The molecule has 0 aromatic carbocycles. The molecule has 17 nitrogen and oxygen atoms in total. The molecular weight excluding hydrogens is 1170 g/mol. The van der Waals surface area contributed by atoms with Crippen LogP contribution in [-0.4, -0.2) is 96.7 Å². The molecule has 89 heavy (non-hydrogen) atoms. The number of carbonyl (C=O) groups is 4. The Morgan fingerprint density at radius 3 is 0.798 bits per heavy atom. The van der Waals surface area contributed by atoms with Crippen LogP contribution in [0.5, 0.6) is 0 Å². The lowest BCUT2D eigenvalue weighted by atomic mass is 10.00. The topological polar surface area (TPSA) is 237 Å². The molecule has 0 amide bonds. The van der Waals surface area contributed by atoms with Crippen molar-refractivity contribution in [1.29, 1.82) is 0 Å². The lowest BCUT2D eigenvalue weighted by Crippen LogP contribution is -2.30. The van der Waals surface area contributed by atoms with Gasteiger partial charge in [-0.2, -0.15) is 0 Å². The third-order valence-electron chi connectivity index (χ3n) is 16.6. The van der Waals surface area contributed by atoms with Gasteiger partial charge >= 0.3 is 39.5 Å². The number of carbonyl (C=O) groups excluding carboxylic acids is 4. The second-order valence-corrected chi connectivity index (χ2v) is 28.4. The van der Waals surface area contributed by atoms with Crippen LogP contribution in [0.1, 0.15) is 362 Å². The number of rotatable bonds is 70. The Morgan fingerprint density at radius 2 is 0.539 bits per heavy atom. The quantitative estimate of drug-likeness (QED) is 0.0222. The van der Waals surface area contributed by atoms with Crippen LogP contribution in [0.3, 0.4) is 0 Å². The van der Waals surface area contributed by atoms with Gasteiger partial charge in [-0.3, -0.25) is 37.3 Å². The van der Waals surface area contributed by atoms with Gasteiger partial charge in [0.1, 0.15) is 19.3 Å². The van der Waals surface area contributed by atoms with Crippen LogP contribution in [0.2, 0.25) is 0 Å². The molecule has 528 valence electrons. The predicted molar refractivity (Wildman–Crippen MR) is 358 cm³/mol. The van der Waals surface area contributed by atoms with Gasteiger partial charge in [0.25, 0.3) is 0 Å². The van der Waals surface area contributed by atoms with Crippen molar-refractivity contribution in [3.8, 4) is 0 Å². The maximum Gasteiger partial charge on any atom is 0.472 e. The molecule has 0 rings (SSSR count). The minimum atomic E-state index is -4.95. The van der Waals surface area contributed by atoms with Crippen LogP contribution in [0.25, 0.3) is 0 Å². The molecule has 0 bridgehead atoms. The highest BCUT2D eigenvalue weighted by Crippen LogP contribution is 2.45. The second-order valence-electron chi connectivity index (χ2n) is 25.5. The first-order chi connectivity index (χ1) is 43.1. The smallest absolute Gasteiger partial charge is 0.462 e. The van der Waals surface area contributed by atoms with Gasteiger partial charge in [0, 0.05) is 25.7 Å². The zero-order valence-electron chi connectivity index (χ0n) is 57.6. The number of phosphoric ester groups is 2. The molecule has 0 saturated carbocycles. The molecule has 0 saturated heterocycles. The van der Waals surface area contributed by atoms with Crippen molar-refractivity contribution in [2.75, 3.05) is 39.6 Å². The molecule has 6 atom stereocenters. The van der Waals surface area contributed by atoms with Crippen LogP contribution < -0.4 is 0 Å². The van der Waals surface area contributed by atoms with Gasteiger partial charge in [0.2, 0.25) is 0 Å². The first-order valence-corrected chi connectivity index (χ1v) is 39.7. The van der Waals surface area contributed by atoms with Crippen LogP contribution in [0, 0.1) is 5.92 Å². The lowest BCUT2D eigenvalue weighted by Gasteiger charge is -2.21. The van der Waals surface area contributed by atoms with E-state index in [2.05, 4.69) is 34.6 Å². The van der Waals surface area contributed by atoms with E-state index >= 15 is 0 Å². The maximum absolute atomic E-state index is 13.0. The number of aliphatic hydroxyl groups is 1. The van der Waals surface area contributed by atoms with Crippen LogP contribution in [0.4, 0.5) is 0 Å². The number of phosphoric acid groups is 2. The fourth-order valence-electron chi connectivity index (χ4n) is 10.6. The van der Waals surface area contributed by atoms with Crippen LogP contribution in [-0.2, 0) is 65.4 Å². The lowest BCUT2D eigenvalue weighted by molar-refractivity contribution is -0.161. The summed E-state index contributed by atoms with van der Waals surface area (Å²) in [5, 5.41) is 10.5. The van der Waals surface area contributed by atoms with Crippen molar-refractivity contribution < 1.29 is 80.2 Å². The Hall–Kier alpha value is -1.94. The normalized spacial score (nSPS) is 14.4.